The lowest BCUT2D eigenvalue weighted by molar-refractivity contribution is 0.627. The predicted octanol–water partition coefficient (Wildman–Crippen LogP) is 2.92. The van der Waals surface area contributed by atoms with Crippen molar-refractivity contribution in [3.05, 3.63) is 47.0 Å². The molecule has 1 N–H and O–H groups in total. The molecule has 1 saturated carbocycles. The topological polar surface area (TPSA) is 29.9 Å². The van der Waals surface area contributed by atoms with Crippen molar-refractivity contribution in [1.82, 2.24) is 15.1 Å². The van der Waals surface area contributed by atoms with Crippen LogP contribution in [0.15, 0.2) is 30.6 Å². The number of rotatable bonds is 4. The Morgan fingerprint density at radius 2 is 2.28 bits per heavy atom. The van der Waals surface area contributed by atoms with E-state index in [0.29, 0.717) is 6.04 Å². The molecule has 1 fully saturated rings. The second-order valence-electron chi connectivity index (χ2n) is 4.55. The van der Waals surface area contributed by atoms with E-state index in [9.17, 15) is 4.39 Å². The van der Waals surface area contributed by atoms with Gasteiger partial charge in [0.25, 0.3) is 0 Å². The van der Waals surface area contributed by atoms with Crippen LogP contribution in [0, 0.1) is 5.82 Å². The third kappa shape index (κ3) is 2.54. The van der Waals surface area contributed by atoms with Crippen LogP contribution in [-0.4, -0.2) is 15.8 Å². The zero-order valence-electron chi connectivity index (χ0n) is 9.74. The van der Waals surface area contributed by atoms with E-state index in [0.717, 1.165) is 17.8 Å². The fraction of sp³-hybridized carbons (Fsp3) is 0.308. The summed E-state index contributed by atoms with van der Waals surface area (Å²) in [5, 5.41) is 7.78. The Labute approximate surface area is 110 Å². The van der Waals surface area contributed by atoms with Crippen molar-refractivity contribution in [1.29, 1.82) is 0 Å². The summed E-state index contributed by atoms with van der Waals surface area (Å²) >= 11 is 5.75. The van der Waals surface area contributed by atoms with Crippen molar-refractivity contribution in [2.75, 3.05) is 0 Å². The fourth-order valence-corrected chi connectivity index (χ4v) is 1.94. The standard InChI is InChI=1S/C13H13ClFN3/c14-12-5-11(3-4-13(12)15)18-8-9(7-17-18)6-16-10-1-2-10/h3-5,7-8,10,16H,1-2,6H2. The highest BCUT2D eigenvalue weighted by Gasteiger charge is 2.20. The van der Waals surface area contributed by atoms with Gasteiger partial charge in [0, 0.05) is 24.3 Å². The van der Waals surface area contributed by atoms with E-state index in [4.69, 9.17) is 11.6 Å². The number of nitrogens with one attached hydrogen (secondary N) is 1. The van der Waals surface area contributed by atoms with Gasteiger partial charge in [-0.05, 0) is 31.0 Å². The molecule has 2 aromatic rings. The van der Waals surface area contributed by atoms with Gasteiger partial charge in [-0.15, -0.1) is 0 Å². The number of hydrogen-bond donors (Lipinski definition) is 1. The van der Waals surface area contributed by atoms with Crippen molar-refractivity contribution in [3.63, 3.8) is 0 Å². The molecular formula is C13H13ClFN3. The van der Waals surface area contributed by atoms with Gasteiger partial charge in [0.2, 0.25) is 0 Å². The van der Waals surface area contributed by atoms with E-state index in [-0.39, 0.29) is 5.02 Å². The molecule has 3 nitrogen and oxygen atoms in total. The summed E-state index contributed by atoms with van der Waals surface area (Å²) in [6, 6.07) is 5.25. The van der Waals surface area contributed by atoms with Gasteiger partial charge in [0.1, 0.15) is 5.82 Å². The van der Waals surface area contributed by atoms with Gasteiger partial charge in [0.05, 0.1) is 16.9 Å². The van der Waals surface area contributed by atoms with Crippen molar-refractivity contribution >= 4 is 11.6 Å². The molecule has 1 aliphatic rings. The van der Waals surface area contributed by atoms with Crippen LogP contribution in [-0.2, 0) is 6.54 Å². The predicted molar refractivity (Wildman–Crippen MR) is 68.4 cm³/mol. The van der Waals surface area contributed by atoms with Crippen molar-refractivity contribution in [3.8, 4) is 5.69 Å². The summed E-state index contributed by atoms with van der Waals surface area (Å²) in [6.07, 6.45) is 6.27. The summed E-state index contributed by atoms with van der Waals surface area (Å²) in [4.78, 5) is 0. The van der Waals surface area contributed by atoms with E-state index < -0.39 is 5.82 Å². The minimum atomic E-state index is -0.414. The maximum atomic E-state index is 13.1. The van der Waals surface area contributed by atoms with Crippen molar-refractivity contribution < 1.29 is 4.39 Å². The Morgan fingerprint density at radius 3 is 3.00 bits per heavy atom. The van der Waals surface area contributed by atoms with Crippen LogP contribution >= 0.6 is 11.6 Å². The van der Waals surface area contributed by atoms with E-state index in [1.807, 2.05) is 12.4 Å². The number of hydrogen-bond acceptors (Lipinski definition) is 2. The second kappa shape index (κ2) is 4.71. The molecule has 1 aromatic carbocycles. The van der Waals surface area contributed by atoms with Gasteiger partial charge >= 0.3 is 0 Å². The molecule has 0 radical (unpaired) electrons. The van der Waals surface area contributed by atoms with Crippen LogP contribution in [0.2, 0.25) is 5.02 Å². The average molecular weight is 266 g/mol. The molecule has 94 valence electrons. The van der Waals surface area contributed by atoms with Gasteiger partial charge in [-0.2, -0.15) is 5.10 Å². The zero-order chi connectivity index (χ0) is 12.5. The van der Waals surface area contributed by atoms with E-state index >= 15 is 0 Å². The summed E-state index contributed by atoms with van der Waals surface area (Å²) in [5.41, 5.74) is 1.88. The molecule has 0 saturated heterocycles. The van der Waals surface area contributed by atoms with Gasteiger partial charge in [-0.3, -0.25) is 0 Å². The summed E-state index contributed by atoms with van der Waals surface area (Å²) in [6.45, 7) is 0.819. The van der Waals surface area contributed by atoms with Gasteiger partial charge in [0.15, 0.2) is 0 Å². The first-order valence-electron chi connectivity index (χ1n) is 5.95. The van der Waals surface area contributed by atoms with Crippen molar-refractivity contribution in [2.45, 2.75) is 25.4 Å². The van der Waals surface area contributed by atoms with E-state index in [1.165, 1.54) is 18.9 Å². The highest BCUT2D eigenvalue weighted by molar-refractivity contribution is 6.30. The minimum absolute atomic E-state index is 0.112. The molecule has 5 heteroatoms. The molecule has 1 heterocycles. The monoisotopic (exact) mass is 265 g/mol. The SMILES string of the molecule is Fc1ccc(-n2cc(CNC3CC3)cn2)cc1Cl. The summed E-state index contributed by atoms with van der Waals surface area (Å²) < 4.78 is 14.8. The molecule has 0 bridgehead atoms. The first kappa shape index (κ1) is 11.7. The molecule has 0 atom stereocenters. The number of benzene rings is 1. The van der Waals surface area contributed by atoms with Crippen LogP contribution in [0.1, 0.15) is 18.4 Å². The second-order valence-corrected chi connectivity index (χ2v) is 4.95. The quantitative estimate of drug-likeness (QED) is 0.921. The lowest BCUT2D eigenvalue weighted by Crippen LogP contribution is -2.14. The summed E-state index contributed by atoms with van der Waals surface area (Å²) in [7, 11) is 0. The molecule has 1 aliphatic carbocycles. The number of aromatic nitrogens is 2. The maximum absolute atomic E-state index is 13.1. The third-order valence-corrected chi connectivity index (χ3v) is 3.27. The third-order valence-electron chi connectivity index (χ3n) is 2.98. The summed E-state index contributed by atoms with van der Waals surface area (Å²) in [5.74, 6) is -0.414. The average Bonchev–Trinajstić information content (AvgIpc) is 3.08. The van der Waals surface area contributed by atoms with Crippen LogP contribution in [0.25, 0.3) is 5.69 Å². The molecule has 0 amide bonds. The first-order chi connectivity index (χ1) is 8.72. The smallest absolute Gasteiger partial charge is 0.141 e. The van der Waals surface area contributed by atoms with Gasteiger partial charge in [-0.1, -0.05) is 11.6 Å². The maximum Gasteiger partial charge on any atom is 0.141 e. The molecule has 3 rings (SSSR count). The Morgan fingerprint density at radius 1 is 1.44 bits per heavy atom. The Balaban J connectivity index is 1.76. The lowest BCUT2D eigenvalue weighted by Gasteiger charge is -2.02. The van der Waals surface area contributed by atoms with Crippen LogP contribution < -0.4 is 5.32 Å². The van der Waals surface area contributed by atoms with E-state index in [1.54, 1.807) is 16.8 Å². The normalized spacial score (nSPS) is 15.0. The van der Waals surface area contributed by atoms with E-state index in [2.05, 4.69) is 10.4 Å². The molecule has 1 aromatic heterocycles. The lowest BCUT2D eigenvalue weighted by atomic mass is 10.3. The highest BCUT2D eigenvalue weighted by atomic mass is 35.5. The Hall–Kier alpha value is -1.39. The minimum Gasteiger partial charge on any atom is -0.310 e. The Kier molecular flexibility index (Phi) is 3.06. The molecular weight excluding hydrogens is 253 g/mol. The Bertz CT molecular complexity index is 563. The molecule has 0 aliphatic heterocycles. The number of halogens is 2. The molecule has 0 spiro atoms. The largest absolute Gasteiger partial charge is 0.310 e. The van der Waals surface area contributed by atoms with Crippen LogP contribution in [0.4, 0.5) is 4.39 Å². The molecule has 18 heavy (non-hydrogen) atoms. The van der Waals surface area contributed by atoms with Crippen LogP contribution in [0.5, 0.6) is 0 Å². The van der Waals surface area contributed by atoms with Gasteiger partial charge in [-0.25, -0.2) is 9.07 Å². The zero-order valence-corrected chi connectivity index (χ0v) is 10.5. The fourth-order valence-electron chi connectivity index (χ4n) is 1.77. The molecule has 0 unspecified atom stereocenters. The number of nitrogens with zero attached hydrogens (tertiary/aromatic N) is 2. The van der Waals surface area contributed by atoms with Crippen molar-refractivity contribution in [2.24, 2.45) is 0 Å². The first-order valence-corrected chi connectivity index (χ1v) is 6.32. The van der Waals surface area contributed by atoms with Crippen LogP contribution in [0.3, 0.4) is 0 Å². The van der Waals surface area contributed by atoms with Gasteiger partial charge < -0.3 is 5.32 Å². The highest BCUT2D eigenvalue weighted by Crippen LogP contribution is 2.20.